The molecule has 6 nitrogen and oxygen atoms in total. The molecule has 0 unspecified atom stereocenters. The van der Waals surface area contributed by atoms with Gasteiger partial charge in [0, 0.05) is 25.6 Å². The van der Waals surface area contributed by atoms with Gasteiger partial charge in [-0.15, -0.1) is 0 Å². The lowest BCUT2D eigenvalue weighted by molar-refractivity contribution is -0.0935. The van der Waals surface area contributed by atoms with Crippen LogP contribution in [0.15, 0.2) is 40.8 Å². The van der Waals surface area contributed by atoms with E-state index in [1.807, 2.05) is 30.0 Å². The van der Waals surface area contributed by atoms with Gasteiger partial charge in [-0.3, -0.25) is 4.79 Å². The standard InChI is InChI=1S/C23H24N2O4/c1-15-24-20-6-3-17(14-21(20)29-15)22(26)25-10-8-23(9-11-25)19-5-4-18(27-2)13-16(19)7-12-28-23/h3-6,13-14H,7-12H2,1-2H3. The van der Waals surface area contributed by atoms with Crippen LogP contribution in [-0.4, -0.2) is 42.6 Å². The summed E-state index contributed by atoms with van der Waals surface area (Å²) in [4.78, 5) is 19.3. The molecule has 1 fully saturated rings. The van der Waals surface area contributed by atoms with Crippen LogP contribution in [0.4, 0.5) is 0 Å². The van der Waals surface area contributed by atoms with Crippen molar-refractivity contribution in [3.8, 4) is 5.75 Å². The molecule has 6 heteroatoms. The van der Waals surface area contributed by atoms with Crippen molar-refractivity contribution in [3.63, 3.8) is 0 Å². The second-order valence-electron chi connectivity index (χ2n) is 7.82. The predicted molar refractivity (Wildman–Crippen MR) is 108 cm³/mol. The maximum Gasteiger partial charge on any atom is 0.253 e. The zero-order valence-electron chi connectivity index (χ0n) is 16.7. The Labute approximate surface area is 169 Å². The summed E-state index contributed by atoms with van der Waals surface area (Å²) in [5.74, 6) is 1.52. The molecule has 3 heterocycles. The highest BCUT2D eigenvalue weighted by Crippen LogP contribution is 2.42. The number of ether oxygens (including phenoxy) is 2. The average molecular weight is 392 g/mol. The fourth-order valence-corrected chi connectivity index (χ4v) is 4.62. The summed E-state index contributed by atoms with van der Waals surface area (Å²) < 4.78 is 17.3. The molecular weight excluding hydrogens is 368 g/mol. The lowest BCUT2D eigenvalue weighted by atomic mass is 9.79. The number of carbonyl (C=O) groups is 1. The Morgan fingerprint density at radius 3 is 2.79 bits per heavy atom. The van der Waals surface area contributed by atoms with Crippen molar-refractivity contribution in [3.05, 3.63) is 59.0 Å². The predicted octanol–water partition coefficient (Wildman–Crippen LogP) is 3.85. The summed E-state index contributed by atoms with van der Waals surface area (Å²) in [6, 6.07) is 11.7. The first kappa shape index (κ1) is 18.2. The van der Waals surface area contributed by atoms with Gasteiger partial charge in [0.1, 0.15) is 11.3 Å². The molecule has 2 aliphatic heterocycles. The fraction of sp³-hybridized carbons (Fsp3) is 0.391. The van der Waals surface area contributed by atoms with Gasteiger partial charge in [-0.2, -0.15) is 0 Å². The third-order valence-electron chi connectivity index (χ3n) is 6.15. The molecule has 2 aliphatic rings. The molecule has 0 aliphatic carbocycles. The van der Waals surface area contributed by atoms with E-state index in [1.165, 1.54) is 11.1 Å². The van der Waals surface area contributed by atoms with E-state index in [0.717, 1.165) is 30.5 Å². The summed E-state index contributed by atoms with van der Waals surface area (Å²) in [5, 5.41) is 0. The highest BCUT2D eigenvalue weighted by Gasteiger charge is 2.41. The number of aromatic nitrogens is 1. The van der Waals surface area contributed by atoms with Crippen LogP contribution < -0.4 is 4.74 Å². The first-order valence-electron chi connectivity index (χ1n) is 10.1. The zero-order valence-corrected chi connectivity index (χ0v) is 16.7. The van der Waals surface area contributed by atoms with Gasteiger partial charge in [-0.1, -0.05) is 6.07 Å². The Balaban J connectivity index is 1.35. The maximum atomic E-state index is 13.1. The third kappa shape index (κ3) is 3.08. The summed E-state index contributed by atoms with van der Waals surface area (Å²) >= 11 is 0. The molecule has 1 aromatic heterocycles. The number of amides is 1. The Bertz CT molecular complexity index is 1080. The molecule has 0 radical (unpaired) electrons. The minimum absolute atomic E-state index is 0.0292. The van der Waals surface area contributed by atoms with Gasteiger partial charge in [-0.05, 0) is 60.7 Å². The molecule has 1 saturated heterocycles. The van der Waals surface area contributed by atoms with Crippen LogP contribution in [0, 0.1) is 6.92 Å². The van der Waals surface area contributed by atoms with E-state index in [2.05, 4.69) is 17.1 Å². The first-order valence-corrected chi connectivity index (χ1v) is 10.1. The fourth-order valence-electron chi connectivity index (χ4n) is 4.62. The molecule has 2 aromatic carbocycles. The van der Waals surface area contributed by atoms with Crippen molar-refractivity contribution < 1.29 is 18.7 Å². The number of hydrogen-bond donors (Lipinski definition) is 0. The molecule has 5 rings (SSSR count). The van der Waals surface area contributed by atoms with Crippen LogP contribution in [0.25, 0.3) is 11.1 Å². The van der Waals surface area contributed by atoms with Crippen LogP contribution in [0.1, 0.15) is 40.2 Å². The van der Waals surface area contributed by atoms with Gasteiger partial charge in [0.25, 0.3) is 5.91 Å². The van der Waals surface area contributed by atoms with Crippen LogP contribution in [0.2, 0.25) is 0 Å². The van der Waals surface area contributed by atoms with Crippen molar-refractivity contribution in [1.29, 1.82) is 0 Å². The molecule has 0 saturated carbocycles. The number of methoxy groups -OCH3 is 1. The molecule has 1 amide bonds. The van der Waals surface area contributed by atoms with Gasteiger partial charge in [0.2, 0.25) is 0 Å². The van der Waals surface area contributed by atoms with Crippen molar-refractivity contribution in [2.75, 3.05) is 26.8 Å². The summed E-state index contributed by atoms with van der Waals surface area (Å²) in [6.45, 7) is 3.84. The number of hydrogen-bond acceptors (Lipinski definition) is 5. The number of benzene rings is 2. The minimum atomic E-state index is -0.303. The molecule has 1 spiro atoms. The Morgan fingerprint density at radius 2 is 2.00 bits per heavy atom. The second-order valence-corrected chi connectivity index (χ2v) is 7.82. The highest BCUT2D eigenvalue weighted by molar-refractivity contribution is 5.97. The van der Waals surface area contributed by atoms with Gasteiger partial charge >= 0.3 is 0 Å². The van der Waals surface area contributed by atoms with Crippen LogP contribution in [0.3, 0.4) is 0 Å². The Morgan fingerprint density at radius 1 is 1.17 bits per heavy atom. The second kappa shape index (κ2) is 6.88. The average Bonchev–Trinajstić information content (AvgIpc) is 3.13. The number of carbonyl (C=O) groups excluding carboxylic acids is 1. The van der Waals surface area contributed by atoms with E-state index in [-0.39, 0.29) is 11.5 Å². The van der Waals surface area contributed by atoms with E-state index in [4.69, 9.17) is 13.9 Å². The van der Waals surface area contributed by atoms with E-state index < -0.39 is 0 Å². The lowest BCUT2D eigenvalue weighted by Crippen LogP contribution is -2.48. The molecule has 3 aromatic rings. The number of nitrogens with zero attached hydrogens (tertiary/aromatic N) is 2. The smallest absolute Gasteiger partial charge is 0.253 e. The largest absolute Gasteiger partial charge is 0.497 e. The topological polar surface area (TPSA) is 64.8 Å². The number of likely N-dealkylation sites (tertiary alicyclic amines) is 1. The van der Waals surface area contributed by atoms with E-state index in [1.54, 1.807) is 13.2 Å². The van der Waals surface area contributed by atoms with Gasteiger partial charge < -0.3 is 18.8 Å². The van der Waals surface area contributed by atoms with Gasteiger partial charge in [0.15, 0.2) is 11.5 Å². The van der Waals surface area contributed by atoms with Crippen LogP contribution in [-0.2, 0) is 16.8 Å². The zero-order chi connectivity index (χ0) is 20.0. The minimum Gasteiger partial charge on any atom is -0.497 e. The summed E-state index contributed by atoms with van der Waals surface area (Å²) in [7, 11) is 1.69. The number of fused-ring (bicyclic) bond motifs is 3. The first-order chi connectivity index (χ1) is 14.1. The Kier molecular flexibility index (Phi) is 4.32. The van der Waals surface area contributed by atoms with Crippen molar-refractivity contribution in [2.24, 2.45) is 0 Å². The summed E-state index contributed by atoms with van der Waals surface area (Å²) in [5.41, 5.74) is 4.30. The van der Waals surface area contributed by atoms with Crippen molar-refractivity contribution in [1.82, 2.24) is 9.88 Å². The number of aryl methyl sites for hydroxylation is 1. The SMILES string of the molecule is COc1ccc2c(c1)CCOC21CCN(C(=O)c2ccc3nc(C)oc3c2)CC1. The van der Waals surface area contributed by atoms with Crippen LogP contribution in [0.5, 0.6) is 5.75 Å². The quantitative estimate of drug-likeness (QED) is 0.663. The monoisotopic (exact) mass is 392 g/mol. The Hall–Kier alpha value is -2.86. The maximum absolute atomic E-state index is 13.1. The molecule has 150 valence electrons. The van der Waals surface area contributed by atoms with Crippen LogP contribution >= 0.6 is 0 Å². The molecular formula is C23H24N2O4. The normalized spacial score (nSPS) is 18.1. The van der Waals surface area contributed by atoms with E-state index >= 15 is 0 Å². The third-order valence-corrected chi connectivity index (χ3v) is 6.15. The highest BCUT2D eigenvalue weighted by atomic mass is 16.5. The van der Waals surface area contributed by atoms with E-state index in [9.17, 15) is 4.79 Å². The molecule has 0 atom stereocenters. The van der Waals surface area contributed by atoms with Crippen molar-refractivity contribution in [2.45, 2.75) is 31.8 Å². The van der Waals surface area contributed by atoms with Gasteiger partial charge in [-0.25, -0.2) is 4.98 Å². The summed E-state index contributed by atoms with van der Waals surface area (Å²) in [6.07, 6.45) is 2.48. The number of piperidine rings is 1. The molecule has 29 heavy (non-hydrogen) atoms. The molecule has 0 N–H and O–H groups in total. The van der Waals surface area contributed by atoms with Gasteiger partial charge in [0.05, 0.1) is 19.3 Å². The van der Waals surface area contributed by atoms with E-state index in [0.29, 0.717) is 36.7 Å². The lowest BCUT2D eigenvalue weighted by Gasteiger charge is -2.45. The number of oxazole rings is 1. The molecule has 0 bridgehead atoms. The number of rotatable bonds is 2. The van der Waals surface area contributed by atoms with Crippen molar-refractivity contribution >= 4 is 17.0 Å².